The largest absolute Gasteiger partial charge is 0.493 e. The van der Waals surface area contributed by atoms with Crippen LogP contribution in [0.1, 0.15) is 16.7 Å². The standard InChI is InChI=1S/C19H24N2O3S/c1-12-6-13(2)8-15(7-12)21-19(25)20-11-14-9-16(22-3)18(24-5)17(10-14)23-4/h6-10H,11H2,1-5H3,(H2,20,21,25). The minimum Gasteiger partial charge on any atom is -0.493 e. The first-order valence-electron chi connectivity index (χ1n) is 7.89. The van der Waals surface area contributed by atoms with Gasteiger partial charge in [-0.1, -0.05) is 6.07 Å². The van der Waals surface area contributed by atoms with Crippen molar-refractivity contribution in [1.29, 1.82) is 0 Å². The number of anilines is 1. The van der Waals surface area contributed by atoms with Crippen molar-refractivity contribution in [3.8, 4) is 17.2 Å². The summed E-state index contributed by atoms with van der Waals surface area (Å²) in [5, 5.41) is 6.96. The fourth-order valence-electron chi connectivity index (χ4n) is 2.64. The van der Waals surface area contributed by atoms with Gasteiger partial charge in [0.25, 0.3) is 0 Å². The summed E-state index contributed by atoms with van der Waals surface area (Å²) in [6, 6.07) is 10.0. The molecular weight excluding hydrogens is 336 g/mol. The lowest BCUT2D eigenvalue weighted by molar-refractivity contribution is 0.323. The van der Waals surface area contributed by atoms with Crippen LogP contribution in [0.15, 0.2) is 30.3 Å². The molecule has 0 unspecified atom stereocenters. The van der Waals surface area contributed by atoms with Crippen molar-refractivity contribution < 1.29 is 14.2 Å². The number of thiocarbonyl (C=S) groups is 1. The molecule has 0 radical (unpaired) electrons. The van der Waals surface area contributed by atoms with Crippen LogP contribution in [0, 0.1) is 13.8 Å². The van der Waals surface area contributed by atoms with E-state index in [2.05, 4.69) is 42.7 Å². The topological polar surface area (TPSA) is 51.8 Å². The van der Waals surface area contributed by atoms with Crippen LogP contribution in [-0.2, 0) is 6.54 Å². The van der Waals surface area contributed by atoms with Crippen molar-refractivity contribution in [3.05, 3.63) is 47.0 Å². The molecule has 0 aromatic heterocycles. The third-order valence-corrected chi connectivity index (χ3v) is 3.90. The minimum atomic E-state index is 0.535. The first-order chi connectivity index (χ1) is 12.0. The molecule has 0 saturated heterocycles. The number of hydrogen-bond donors (Lipinski definition) is 2. The molecule has 0 amide bonds. The molecule has 25 heavy (non-hydrogen) atoms. The maximum Gasteiger partial charge on any atom is 0.203 e. The fraction of sp³-hybridized carbons (Fsp3) is 0.316. The van der Waals surface area contributed by atoms with Crippen molar-refractivity contribution in [2.75, 3.05) is 26.6 Å². The van der Waals surface area contributed by atoms with E-state index in [1.165, 1.54) is 11.1 Å². The second-order valence-electron chi connectivity index (χ2n) is 5.72. The van der Waals surface area contributed by atoms with Crippen molar-refractivity contribution in [2.45, 2.75) is 20.4 Å². The molecule has 0 saturated carbocycles. The molecular formula is C19H24N2O3S. The Balaban J connectivity index is 2.06. The highest BCUT2D eigenvalue weighted by Gasteiger charge is 2.13. The van der Waals surface area contributed by atoms with E-state index in [0.29, 0.717) is 28.9 Å². The Morgan fingerprint density at radius 3 is 1.92 bits per heavy atom. The van der Waals surface area contributed by atoms with Crippen molar-refractivity contribution in [1.82, 2.24) is 5.32 Å². The van der Waals surface area contributed by atoms with Gasteiger partial charge in [-0.2, -0.15) is 0 Å². The second kappa shape index (κ2) is 8.58. The maximum atomic E-state index is 5.38. The van der Waals surface area contributed by atoms with Crippen LogP contribution in [0.3, 0.4) is 0 Å². The SMILES string of the molecule is COc1cc(CNC(=S)Nc2cc(C)cc(C)c2)cc(OC)c1OC. The third kappa shape index (κ3) is 5.00. The Morgan fingerprint density at radius 1 is 0.880 bits per heavy atom. The van der Waals surface area contributed by atoms with Crippen LogP contribution in [0.25, 0.3) is 0 Å². The Morgan fingerprint density at radius 2 is 1.44 bits per heavy atom. The van der Waals surface area contributed by atoms with Gasteiger partial charge in [-0.05, 0) is 67.0 Å². The molecule has 6 heteroatoms. The van der Waals surface area contributed by atoms with Crippen LogP contribution in [0.4, 0.5) is 5.69 Å². The Bertz CT molecular complexity index is 717. The van der Waals surface area contributed by atoms with E-state index in [9.17, 15) is 0 Å². The van der Waals surface area contributed by atoms with E-state index in [1.807, 2.05) is 12.1 Å². The van der Waals surface area contributed by atoms with Gasteiger partial charge in [0.05, 0.1) is 21.3 Å². The summed E-state index contributed by atoms with van der Waals surface area (Å²) in [7, 11) is 4.78. The van der Waals surface area contributed by atoms with Gasteiger partial charge in [0, 0.05) is 12.2 Å². The lowest BCUT2D eigenvalue weighted by Gasteiger charge is -2.15. The summed E-state index contributed by atoms with van der Waals surface area (Å²) in [6.45, 7) is 4.66. The van der Waals surface area contributed by atoms with E-state index >= 15 is 0 Å². The summed E-state index contributed by atoms with van der Waals surface area (Å²) in [4.78, 5) is 0. The van der Waals surface area contributed by atoms with Crippen molar-refractivity contribution in [2.24, 2.45) is 0 Å². The zero-order valence-electron chi connectivity index (χ0n) is 15.2. The predicted molar refractivity (Wildman–Crippen MR) is 105 cm³/mol. The highest BCUT2D eigenvalue weighted by atomic mass is 32.1. The zero-order valence-corrected chi connectivity index (χ0v) is 16.0. The molecule has 2 rings (SSSR count). The average molecular weight is 360 g/mol. The molecule has 0 spiro atoms. The molecule has 0 aliphatic rings. The van der Waals surface area contributed by atoms with Crippen molar-refractivity contribution >= 4 is 23.0 Å². The lowest BCUT2D eigenvalue weighted by Crippen LogP contribution is -2.28. The number of hydrogen-bond acceptors (Lipinski definition) is 4. The van der Waals surface area contributed by atoms with Gasteiger partial charge in [0.2, 0.25) is 5.75 Å². The summed E-state index contributed by atoms with van der Waals surface area (Å²) in [6.07, 6.45) is 0. The molecule has 0 aliphatic heterocycles. The monoisotopic (exact) mass is 360 g/mol. The molecule has 2 aromatic carbocycles. The van der Waals surface area contributed by atoms with E-state index in [-0.39, 0.29) is 0 Å². The van der Waals surface area contributed by atoms with Crippen molar-refractivity contribution in [3.63, 3.8) is 0 Å². The first-order valence-corrected chi connectivity index (χ1v) is 8.29. The summed E-state index contributed by atoms with van der Waals surface area (Å²) < 4.78 is 16.1. The van der Waals surface area contributed by atoms with E-state index in [4.69, 9.17) is 26.4 Å². The predicted octanol–water partition coefficient (Wildman–Crippen LogP) is 3.82. The minimum absolute atomic E-state index is 0.535. The molecule has 0 aliphatic carbocycles. The number of aryl methyl sites for hydroxylation is 2. The van der Waals surface area contributed by atoms with Gasteiger partial charge in [-0.3, -0.25) is 0 Å². The highest BCUT2D eigenvalue weighted by molar-refractivity contribution is 7.80. The fourth-order valence-corrected chi connectivity index (χ4v) is 2.83. The van der Waals surface area contributed by atoms with Crippen LogP contribution in [0.5, 0.6) is 17.2 Å². The highest BCUT2D eigenvalue weighted by Crippen LogP contribution is 2.38. The Labute approximate surface area is 154 Å². The normalized spacial score (nSPS) is 10.1. The first kappa shape index (κ1) is 18.9. The summed E-state index contributed by atoms with van der Waals surface area (Å²) >= 11 is 5.38. The molecule has 0 heterocycles. The average Bonchev–Trinajstić information content (AvgIpc) is 2.57. The van der Waals surface area contributed by atoms with Crippen LogP contribution in [0.2, 0.25) is 0 Å². The maximum absolute atomic E-state index is 5.38. The van der Waals surface area contributed by atoms with Crippen LogP contribution < -0.4 is 24.8 Å². The molecule has 0 atom stereocenters. The number of rotatable bonds is 6. The van der Waals surface area contributed by atoms with E-state index in [1.54, 1.807) is 21.3 Å². The Hall–Kier alpha value is -2.47. The third-order valence-electron chi connectivity index (χ3n) is 3.66. The summed E-state index contributed by atoms with van der Waals surface area (Å²) in [5.74, 6) is 1.81. The second-order valence-corrected chi connectivity index (χ2v) is 6.13. The number of nitrogens with one attached hydrogen (secondary N) is 2. The lowest BCUT2D eigenvalue weighted by atomic mass is 10.1. The number of methoxy groups -OCH3 is 3. The molecule has 5 nitrogen and oxygen atoms in total. The molecule has 2 N–H and O–H groups in total. The van der Waals surface area contributed by atoms with Gasteiger partial charge in [-0.15, -0.1) is 0 Å². The van der Waals surface area contributed by atoms with Crippen LogP contribution >= 0.6 is 12.2 Å². The number of benzene rings is 2. The van der Waals surface area contributed by atoms with Gasteiger partial charge >= 0.3 is 0 Å². The Kier molecular flexibility index (Phi) is 6.47. The summed E-state index contributed by atoms with van der Waals surface area (Å²) in [5.41, 5.74) is 4.32. The number of ether oxygens (including phenoxy) is 3. The molecule has 0 bridgehead atoms. The van der Waals surface area contributed by atoms with Crippen LogP contribution in [-0.4, -0.2) is 26.4 Å². The van der Waals surface area contributed by atoms with E-state index in [0.717, 1.165) is 11.3 Å². The van der Waals surface area contributed by atoms with Gasteiger partial charge in [-0.25, -0.2) is 0 Å². The van der Waals surface area contributed by atoms with Gasteiger partial charge < -0.3 is 24.8 Å². The molecule has 134 valence electrons. The van der Waals surface area contributed by atoms with E-state index < -0.39 is 0 Å². The zero-order chi connectivity index (χ0) is 18.4. The van der Waals surface area contributed by atoms with Gasteiger partial charge in [0.1, 0.15) is 0 Å². The molecule has 2 aromatic rings. The van der Waals surface area contributed by atoms with Gasteiger partial charge in [0.15, 0.2) is 16.6 Å². The molecule has 0 fully saturated rings. The smallest absolute Gasteiger partial charge is 0.203 e. The quantitative estimate of drug-likeness (QED) is 0.764.